The summed E-state index contributed by atoms with van der Waals surface area (Å²) in [7, 11) is 0. The molecule has 0 amide bonds. The number of fused-ring (bicyclic) bond motifs is 2. The van der Waals surface area contributed by atoms with Crippen LogP contribution in [0, 0.1) is 22.2 Å². The Morgan fingerprint density at radius 2 is 2.07 bits per heavy atom. The van der Waals surface area contributed by atoms with Crippen molar-refractivity contribution in [3.63, 3.8) is 0 Å². The fourth-order valence-corrected chi connectivity index (χ4v) is 4.03. The molecule has 0 spiro atoms. The molecule has 0 unspecified atom stereocenters. The molecule has 1 heterocycles. The van der Waals surface area contributed by atoms with Gasteiger partial charge in [-0.1, -0.05) is 20.8 Å². The Bertz CT molecular complexity index is 289. The first kappa shape index (κ1) is 11.0. The average molecular weight is 206 g/mol. The molecule has 2 rings (SSSR count). The molecule has 0 N–H and O–H groups in total. The average Bonchev–Trinajstić information content (AvgIpc) is 2.31. The van der Waals surface area contributed by atoms with Crippen molar-refractivity contribution in [2.75, 3.05) is 13.1 Å². The molecule has 1 saturated carbocycles. The Kier molecular flexibility index (Phi) is 2.55. The van der Waals surface area contributed by atoms with Crippen LogP contribution in [0.4, 0.5) is 0 Å². The van der Waals surface area contributed by atoms with E-state index >= 15 is 0 Å². The third-order valence-corrected chi connectivity index (χ3v) is 4.03. The summed E-state index contributed by atoms with van der Waals surface area (Å²) in [6, 6.07) is 3.01. The molecule has 84 valence electrons. The summed E-state index contributed by atoms with van der Waals surface area (Å²) in [4.78, 5) is 2.55. The molecule has 15 heavy (non-hydrogen) atoms. The van der Waals surface area contributed by atoms with Crippen LogP contribution in [-0.4, -0.2) is 24.0 Å². The van der Waals surface area contributed by atoms with Crippen molar-refractivity contribution < 1.29 is 0 Å². The maximum atomic E-state index is 8.66. The van der Waals surface area contributed by atoms with Crippen molar-refractivity contribution in [3.05, 3.63) is 0 Å². The lowest BCUT2D eigenvalue weighted by Crippen LogP contribution is -2.35. The minimum absolute atomic E-state index is 0.499. The smallest absolute Gasteiger partial charge is 0.0635 e. The highest BCUT2D eigenvalue weighted by molar-refractivity contribution is 5.02. The Balaban J connectivity index is 2.07. The summed E-state index contributed by atoms with van der Waals surface area (Å²) in [6.07, 6.45) is 4.70. The maximum absolute atomic E-state index is 8.66. The molecule has 1 aliphatic heterocycles. The van der Waals surface area contributed by atoms with Gasteiger partial charge in [0.2, 0.25) is 0 Å². The maximum Gasteiger partial charge on any atom is 0.0635 e. The summed E-state index contributed by atoms with van der Waals surface area (Å²) in [6.45, 7) is 9.40. The fraction of sp³-hybridized carbons (Fsp3) is 0.923. The van der Waals surface area contributed by atoms with Crippen LogP contribution in [-0.2, 0) is 0 Å². The van der Waals surface area contributed by atoms with Crippen LogP contribution in [0.5, 0.6) is 0 Å². The van der Waals surface area contributed by atoms with E-state index in [-0.39, 0.29) is 0 Å². The van der Waals surface area contributed by atoms with E-state index in [4.69, 9.17) is 5.26 Å². The first-order valence-corrected chi connectivity index (χ1v) is 6.05. The Labute approximate surface area is 93.3 Å². The molecular weight excluding hydrogens is 184 g/mol. The topological polar surface area (TPSA) is 27.0 Å². The van der Waals surface area contributed by atoms with Crippen LogP contribution in [0.15, 0.2) is 0 Å². The Hall–Kier alpha value is -0.550. The summed E-state index contributed by atoms with van der Waals surface area (Å²) >= 11 is 0. The largest absolute Gasteiger partial charge is 0.299 e. The van der Waals surface area contributed by atoms with Gasteiger partial charge < -0.3 is 0 Å². The second-order valence-corrected chi connectivity index (χ2v) is 6.59. The van der Waals surface area contributed by atoms with Gasteiger partial charge in [0.15, 0.2) is 0 Å². The highest BCUT2D eigenvalue weighted by Crippen LogP contribution is 2.52. The van der Waals surface area contributed by atoms with Gasteiger partial charge in [0.25, 0.3) is 0 Å². The van der Waals surface area contributed by atoms with Crippen molar-refractivity contribution in [3.8, 4) is 6.07 Å². The predicted molar refractivity (Wildman–Crippen MR) is 61.3 cm³/mol. The zero-order valence-corrected chi connectivity index (χ0v) is 10.2. The van der Waals surface area contributed by atoms with E-state index in [2.05, 4.69) is 31.7 Å². The van der Waals surface area contributed by atoms with Crippen LogP contribution in [0.25, 0.3) is 0 Å². The fourth-order valence-electron chi connectivity index (χ4n) is 4.03. The molecule has 2 aliphatic rings. The molecule has 0 radical (unpaired) electrons. The van der Waals surface area contributed by atoms with Gasteiger partial charge in [-0.25, -0.2) is 0 Å². The molecule has 2 atom stereocenters. The molecule has 1 aliphatic carbocycles. The summed E-state index contributed by atoms with van der Waals surface area (Å²) in [5.41, 5.74) is 1.01. The third kappa shape index (κ3) is 2.18. The molecule has 0 aromatic heterocycles. The number of hydrogen-bond donors (Lipinski definition) is 0. The van der Waals surface area contributed by atoms with Crippen molar-refractivity contribution in [2.45, 2.75) is 52.5 Å². The number of nitrogens with zero attached hydrogens (tertiary/aromatic N) is 2. The molecule has 2 bridgehead atoms. The zero-order chi connectivity index (χ0) is 11.1. The van der Waals surface area contributed by atoms with Gasteiger partial charge in [0, 0.05) is 25.6 Å². The van der Waals surface area contributed by atoms with Gasteiger partial charge >= 0.3 is 0 Å². The molecule has 2 fully saturated rings. The lowest BCUT2D eigenvalue weighted by atomic mass is 9.65. The third-order valence-electron chi connectivity index (χ3n) is 4.03. The van der Waals surface area contributed by atoms with Gasteiger partial charge in [0.05, 0.1) is 6.07 Å². The highest BCUT2D eigenvalue weighted by Gasteiger charge is 2.49. The second-order valence-electron chi connectivity index (χ2n) is 6.59. The number of rotatable bonds is 2. The second kappa shape index (κ2) is 3.49. The van der Waals surface area contributed by atoms with E-state index in [0.29, 0.717) is 17.3 Å². The highest BCUT2D eigenvalue weighted by atomic mass is 15.2. The van der Waals surface area contributed by atoms with E-state index < -0.39 is 0 Å². The standard InChI is InChI=1S/C13H22N2/c1-12(2)7-11-8-13(3,9-12)10-15(11)6-4-5-14/h11H,4,6-10H2,1-3H3/t11-,13+/m1/s1. The zero-order valence-electron chi connectivity index (χ0n) is 10.2. The van der Waals surface area contributed by atoms with Gasteiger partial charge in [-0.15, -0.1) is 0 Å². The van der Waals surface area contributed by atoms with Crippen molar-refractivity contribution in [1.29, 1.82) is 5.26 Å². The lowest BCUT2D eigenvalue weighted by molar-refractivity contribution is 0.127. The molecule has 0 aromatic rings. The van der Waals surface area contributed by atoms with Gasteiger partial charge in [0.1, 0.15) is 0 Å². The molecule has 2 heteroatoms. The molecular formula is C13H22N2. The van der Waals surface area contributed by atoms with Crippen LogP contribution in [0.3, 0.4) is 0 Å². The predicted octanol–water partition coefficient (Wildman–Crippen LogP) is 2.80. The van der Waals surface area contributed by atoms with Crippen molar-refractivity contribution in [1.82, 2.24) is 4.90 Å². The van der Waals surface area contributed by atoms with Crippen molar-refractivity contribution in [2.24, 2.45) is 10.8 Å². The van der Waals surface area contributed by atoms with Crippen LogP contribution < -0.4 is 0 Å². The minimum atomic E-state index is 0.499. The molecule has 2 nitrogen and oxygen atoms in total. The first-order valence-electron chi connectivity index (χ1n) is 6.05. The lowest BCUT2D eigenvalue weighted by Gasteiger charge is -2.39. The molecule has 1 saturated heterocycles. The molecule has 0 aromatic carbocycles. The van der Waals surface area contributed by atoms with Crippen molar-refractivity contribution >= 4 is 0 Å². The first-order chi connectivity index (χ1) is 6.94. The van der Waals surface area contributed by atoms with Crippen LogP contribution >= 0.6 is 0 Å². The normalized spacial score (nSPS) is 38.9. The number of nitriles is 1. The van der Waals surface area contributed by atoms with Crippen LogP contribution in [0.1, 0.15) is 46.5 Å². The number of likely N-dealkylation sites (tertiary alicyclic amines) is 1. The monoisotopic (exact) mass is 206 g/mol. The SMILES string of the molecule is CC1(C)C[C@@H]2C[C@](C)(CN2CCC#N)C1. The van der Waals surface area contributed by atoms with Gasteiger partial charge in [-0.3, -0.25) is 4.90 Å². The Morgan fingerprint density at radius 1 is 1.33 bits per heavy atom. The summed E-state index contributed by atoms with van der Waals surface area (Å²) in [5.74, 6) is 0. The van der Waals surface area contributed by atoms with E-state index in [0.717, 1.165) is 12.6 Å². The summed E-state index contributed by atoms with van der Waals surface area (Å²) < 4.78 is 0. The van der Waals surface area contributed by atoms with Gasteiger partial charge in [-0.2, -0.15) is 5.26 Å². The van der Waals surface area contributed by atoms with E-state index in [1.165, 1.54) is 25.8 Å². The van der Waals surface area contributed by atoms with E-state index in [1.54, 1.807) is 0 Å². The Morgan fingerprint density at radius 3 is 2.73 bits per heavy atom. The quantitative estimate of drug-likeness (QED) is 0.694. The minimum Gasteiger partial charge on any atom is -0.299 e. The van der Waals surface area contributed by atoms with E-state index in [9.17, 15) is 0 Å². The van der Waals surface area contributed by atoms with Gasteiger partial charge in [-0.05, 0) is 30.1 Å². The summed E-state index contributed by atoms with van der Waals surface area (Å²) in [5, 5.41) is 8.66. The van der Waals surface area contributed by atoms with Crippen LogP contribution in [0.2, 0.25) is 0 Å². The van der Waals surface area contributed by atoms with E-state index in [1.807, 2.05) is 0 Å². The number of hydrogen-bond acceptors (Lipinski definition) is 2.